The van der Waals surface area contributed by atoms with Crippen LogP contribution in [-0.2, 0) is 4.79 Å². The number of carbonyl (C=O) groups excluding carboxylic acids is 1. The van der Waals surface area contributed by atoms with Crippen LogP contribution >= 0.6 is 11.8 Å². The molecule has 2 rings (SSSR count). The lowest BCUT2D eigenvalue weighted by Gasteiger charge is -2.23. The molecule has 1 aromatic rings. The second kappa shape index (κ2) is 6.67. The second-order valence-corrected chi connectivity index (χ2v) is 5.26. The van der Waals surface area contributed by atoms with Gasteiger partial charge >= 0.3 is 0 Å². The lowest BCUT2D eigenvalue weighted by atomic mass is 10.1. The van der Waals surface area contributed by atoms with E-state index in [4.69, 9.17) is 0 Å². The monoisotopic (exact) mass is 250 g/mol. The largest absolute Gasteiger partial charge is 0.351 e. The van der Waals surface area contributed by atoms with E-state index in [1.54, 1.807) is 11.8 Å². The van der Waals surface area contributed by atoms with E-state index in [1.807, 2.05) is 30.3 Å². The molecule has 1 aromatic carbocycles. The van der Waals surface area contributed by atoms with Crippen molar-refractivity contribution in [3.63, 3.8) is 0 Å². The molecule has 0 spiro atoms. The van der Waals surface area contributed by atoms with Crippen molar-refractivity contribution in [1.82, 2.24) is 10.6 Å². The summed E-state index contributed by atoms with van der Waals surface area (Å²) in [6, 6.07) is 10.3. The first-order valence-corrected chi connectivity index (χ1v) is 7.01. The summed E-state index contributed by atoms with van der Waals surface area (Å²) >= 11 is 1.58. The van der Waals surface area contributed by atoms with Gasteiger partial charge in [-0.3, -0.25) is 4.79 Å². The maximum atomic E-state index is 11.7. The fraction of sp³-hybridized carbons (Fsp3) is 0.462. The highest BCUT2D eigenvalue weighted by Gasteiger charge is 2.14. The Labute approximate surface area is 106 Å². The van der Waals surface area contributed by atoms with Crippen LogP contribution in [0.4, 0.5) is 0 Å². The van der Waals surface area contributed by atoms with E-state index in [2.05, 4.69) is 10.6 Å². The van der Waals surface area contributed by atoms with E-state index in [0.717, 1.165) is 30.8 Å². The molecule has 1 atom stereocenters. The van der Waals surface area contributed by atoms with Gasteiger partial charge in [0.15, 0.2) is 0 Å². The predicted octanol–water partition coefficient (Wildman–Crippen LogP) is 1.65. The average Bonchev–Trinajstić information content (AvgIpc) is 2.39. The maximum Gasteiger partial charge on any atom is 0.230 e. The smallest absolute Gasteiger partial charge is 0.230 e. The molecule has 0 unspecified atom stereocenters. The van der Waals surface area contributed by atoms with Crippen LogP contribution in [0.15, 0.2) is 35.2 Å². The Bertz CT molecular complexity index is 350. The molecular formula is C13H18N2OS. The van der Waals surface area contributed by atoms with Crippen molar-refractivity contribution in [1.29, 1.82) is 0 Å². The molecule has 0 aliphatic carbocycles. The first kappa shape index (κ1) is 12.5. The number of hydrogen-bond donors (Lipinski definition) is 2. The lowest BCUT2D eigenvalue weighted by Crippen LogP contribution is -2.46. The third kappa shape index (κ3) is 4.40. The minimum absolute atomic E-state index is 0.132. The van der Waals surface area contributed by atoms with Crippen molar-refractivity contribution >= 4 is 17.7 Å². The Morgan fingerprint density at radius 2 is 2.24 bits per heavy atom. The van der Waals surface area contributed by atoms with Gasteiger partial charge in [-0.2, -0.15) is 0 Å². The molecule has 1 saturated heterocycles. The van der Waals surface area contributed by atoms with Gasteiger partial charge in [0.2, 0.25) is 5.91 Å². The highest BCUT2D eigenvalue weighted by atomic mass is 32.2. The lowest BCUT2D eigenvalue weighted by molar-refractivity contribution is -0.119. The van der Waals surface area contributed by atoms with Gasteiger partial charge in [0.25, 0.3) is 0 Å². The Morgan fingerprint density at radius 1 is 1.41 bits per heavy atom. The first-order valence-electron chi connectivity index (χ1n) is 6.02. The topological polar surface area (TPSA) is 41.1 Å². The summed E-state index contributed by atoms with van der Waals surface area (Å²) in [7, 11) is 0. The van der Waals surface area contributed by atoms with Crippen LogP contribution in [0.25, 0.3) is 0 Å². The van der Waals surface area contributed by atoms with E-state index in [1.165, 1.54) is 0 Å². The summed E-state index contributed by atoms with van der Waals surface area (Å²) in [5, 5.41) is 6.36. The molecule has 1 fully saturated rings. The van der Waals surface area contributed by atoms with Crippen LogP contribution in [0.2, 0.25) is 0 Å². The molecule has 17 heavy (non-hydrogen) atoms. The number of amides is 1. The van der Waals surface area contributed by atoms with E-state index in [-0.39, 0.29) is 5.91 Å². The molecule has 2 N–H and O–H groups in total. The normalized spacial score (nSPS) is 19.9. The third-order valence-corrected chi connectivity index (χ3v) is 3.79. The van der Waals surface area contributed by atoms with Crippen LogP contribution < -0.4 is 10.6 Å². The minimum atomic E-state index is 0.132. The zero-order valence-corrected chi connectivity index (χ0v) is 10.6. The van der Waals surface area contributed by atoms with Gasteiger partial charge in [0, 0.05) is 17.5 Å². The summed E-state index contributed by atoms with van der Waals surface area (Å²) in [5.41, 5.74) is 0. The highest BCUT2D eigenvalue weighted by Crippen LogP contribution is 2.16. The van der Waals surface area contributed by atoms with Crippen molar-refractivity contribution in [2.24, 2.45) is 0 Å². The van der Waals surface area contributed by atoms with E-state index in [0.29, 0.717) is 11.8 Å². The summed E-state index contributed by atoms with van der Waals surface area (Å²) in [4.78, 5) is 12.9. The fourth-order valence-corrected chi connectivity index (χ4v) is 2.64. The highest BCUT2D eigenvalue weighted by molar-refractivity contribution is 8.00. The molecule has 1 aliphatic rings. The number of thioether (sulfide) groups is 1. The van der Waals surface area contributed by atoms with Crippen molar-refractivity contribution in [2.45, 2.75) is 23.8 Å². The SMILES string of the molecule is O=C(CSc1ccccc1)N[C@H]1CCCNC1. The molecule has 0 bridgehead atoms. The molecule has 92 valence electrons. The molecule has 4 heteroatoms. The number of hydrogen-bond acceptors (Lipinski definition) is 3. The molecular weight excluding hydrogens is 232 g/mol. The zero-order valence-electron chi connectivity index (χ0n) is 9.82. The van der Waals surface area contributed by atoms with Crippen LogP contribution in [0.1, 0.15) is 12.8 Å². The number of nitrogens with one attached hydrogen (secondary N) is 2. The maximum absolute atomic E-state index is 11.7. The summed E-state index contributed by atoms with van der Waals surface area (Å²) in [5.74, 6) is 0.633. The van der Waals surface area contributed by atoms with Crippen molar-refractivity contribution < 1.29 is 4.79 Å². The van der Waals surface area contributed by atoms with Crippen LogP contribution in [0.5, 0.6) is 0 Å². The van der Waals surface area contributed by atoms with Gasteiger partial charge in [0.1, 0.15) is 0 Å². The standard InChI is InChI=1S/C13H18N2OS/c16-13(15-11-5-4-8-14-9-11)10-17-12-6-2-1-3-7-12/h1-3,6-7,11,14H,4-5,8-10H2,(H,15,16)/t11-/m0/s1. The van der Waals surface area contributed by atoms with Gasteiger partial charge in [-0.05, 0) is 31.5 Å². The summed E-state index contributed by atoms with van der Waals surface area (Å²) in [6.45, 7) is 1.98. The third-order valence-electron chi connectivity index (χ3n) is 2.78. The van der Waals surface area contributed by atoms with Crippen LogP contribution in [-0.4, -0.2) is 30.8 Å². The average molecular weight is 250 g/mol. The van der Waals surface area contributed by atoms with Gasteiger partial charge in [0.05, 0.1) is 5.75 Å². The Balaban J connectivity index is 1.70. The van der Waals surface area contributed by atoms with Crippen molar-refractivity contribution in [2.75, 3.05) is 18.8 Å². The number of carbonyl (C=O) groups is 1. The number of rotatable bonds is 4. The Morgan fingerprint density at radius 3 is 2.94 bits per heavy atom. The molecule has 0 radical (unpaired) electrons. The fourth-order valence-electron chi connectivity index (χ4n) is 1.91. The Hall–Kier alpha value is -1.00. The van der Waals surface area contributed by atoms with Crippen molar-refractivity contribution in [3.8, 4) is 0 Å². The number of piperidine rings is 1. The van der Waals surface area contributed by atoms with Gasteiger partial charge in [-0.1, -0.05) is 18.2 Å². The first-order chi connectivity index (χ1) is 8.34. The molecule has 1 amide bonds. The molecule has 0 aromatic heterocycles. The molecule has 0 saturated carbocycles. The van der Waals surface area contributed by atoms with Crippen LogP contribution in [0.3, 0.4) is 0 Å². The number of benzene rings is 1. The van der Waals surface area contributed by atoms with Gasteiger partial charge < -0.3 is 10.6 Å². The van der Waals surface area contributed by atoms with E-state index < -0.39 is 0 Å². The second-order valence-electron chi connectivity index (χ2n) is 4.21. The van der Waals surface area contributed by atoms with E-state index >= 15 is 0 Å². The van der Waals surface area contributed by atoms with Crippen LogP contribution in [0, 0.1) is 0 Å². The molecule has 1 heterocycles. The Kier molecular flexibility index (Phi) is 4.88. The molecule has 1 aliphatic heterocycles. The predicted molar refractivity (Wildman–Crippen MR) is 71.2 cm³/mol. The quantitative estimate of drug-likeness (QED) is 0.798. The van der Waals surface area contributed by atoms with E-state index in [9.17, 15) is 4.79 Å². The van der Waals surface area contributed by atoms with Crippen molar-refractivity contribution in [3.05, 3.63) is 30.3 Å². The molecule has 3 nitrogen and oxygen atoms in total. The van der Waals surface area contributed by atoms with Gasteiger partial charge in [-0.25, -0.2) is 0 Å². The summed E-state index contributed by atoms with van der Waals surface area (Å²) < 4.78 is 0. The van der Waals surface area contributed by atoms with Gasteiger partial charge in [-0.15, -0.1) is 11.8 Å². The summed E-state index contributed by atoms with van der Waals surface area (Å²) in [6.07, 6.45) is 2.24. The minimum Gasteiger partial charge on any atom is -0.351 e. The zero-order chi connectivity index (χ0) is 11.9.